The molecule has 2 aromatic rings. The van der Waals surface area contributed by atoms with Crippen LogP contribution in [0.3, 0.4) is 0 Å². The van der Waals surface area contributed by atoms with Crippen molar-refractivity contribution < 1.29 is 8.42 Å². The van der Waals surface area contributed by atoms with Gasteiger partial charge in [-0.2, -0.15) is 0 Å². The fraction of sp³-hybridized carbons (Fsp3) is 0.545. The first-order valence-electron chi connectivity index (χ1n) is 9.95. The van der Waals surface area contributed by atoms with E-state index in [9.17, 15) is 8.42 Å². The minimum Gasteiger partial charge on any atom is -0.312 e. The smallest absolute Gasteiger partial charge is 0.216 e. The molecule has 2 N–H and O–H groups in total. The van der Waals surface area contributed by atoms with Gasteiger partial charge in [0.1, 0.15) is 0 Å². The Morgan fingerprint density at radius 1 is 0.963 bits per heavy atom. The van der Waals surface area contributed by atoms with Gasteiger partial charge in [-0.05, 0) is 81.3 Å². The highest BCUT2D eigenvalue weighted by atomic mass is 32.2. The highest BCUT2D eigenvalue weighted by Gasteiger charge is 2.32. The molecule has 0 bridgehead atoms. The number of sulfonamides is 1. The van der Waals surface area contributed by atoms with Crippen LogP contribution in [0.2, 0.25) is 0 Å². The molecule has 0 aromatic heterocycles. The van der Waals surface area contributed by atoms with Crippen LogP contribution in [0.1, 0.15) is 52.0 Å². The highest BCUT2D eigenvalue weighted by molar-refractivity contribution is 7.90. The van der Waals surface area contributed by atoms with E-state index in [1.54, 1.807) is 20.8 Å². The van der Waals surface area contributed by atoms with E-state index in [1.807, 2.05) is 0 Å². The first-order chi connectivity index (χ1) is 12.7. The second-order valence-electron chi connectivity index (χ2n) is 8.76. The van der Waals surface area contributed by atoms with Gasteiger partial charge < -0.3 is 5.32 Å². The van der Waals surface area contributed by atoms with Crippen molar-refractivity contribution in [3.05, 3.63) is 48.0 Å². The standard InChI is InChI=1S/C22H32N2O2S/c1-22(2,3)27(25,26)24-21-12-9-17(10-13-21)15-23-16-18-8-11-19-6-4-5-7-20(19)14-18/h4-8,11,14,17,21,23-24H,9-10,12-13,15-16H2,1-3H3. The molecule has 148 valence electrons. The molecule has 0 amide bonds. The van der Waals surface area contributed by atoms with Crippen molar-refractivity contribution in [1.29, 1.82) is 0 Å². The summed E-state index contributed by atoms with van der Waals surface area (Å²) in [6, 6.07) is 15.1. The molecule has 0 unspecified atom stereocenters. The van der Waals surface area contributed by atoms with Crippen LogP contribution in [-0.2, 0) is 16.6 Å². The summed E-state index contributed by atoms with van der Waals surface area (Å²) < 4.78 is 26.8. The Morgan fingerprint density at radius 2 is 1.63 bits per heavy atom. The van der Waals surface area contributed by atoms with Crippen LogP contribution in [0, 0.1) is 5.92 Å². The quantitative estimate of drug-likeness (QED) is 0.779. The summed E-state index contributed by atoms with van der Waals surface area (Å²) in [7, 11) is -3.25. The predicted octanol–water partition coefficient (Wildman–Crippen LogP) is 4.21. The Balaban J connectivity index is 1.43. The van der Waals surface area contributed by atoms with Gasteiger partial charge in [-0.3, -0.25) is 0 Å². The third kappa shape index (κ3) is 5.31. The number of hydrogen-bond donors (Lipinski definition) is 2. The molecule has 1 aliphatic carbocycles. The van der Waals surface area contributed by atoms with E-state index in [2.05, 4.69) is 52.5 Å². The number of hydrogen-bond acceptors (Lipinski definition) is 3. The van der Waals surface area contributed by atoms with Gasteiger partial charge >= 0.3 is 0 Å². The van der Waals surface area contributed by atoms with E-state index in [0.717, 1.165) is 38.8 Å². The second-order valence-corrected chi connectivity index (χ2v) is 11.2. The Hall–Kier alpha value is -1.43. The zero-order valence-corrected chi connectivity index (χ0v) is 17.5. The third-order valence-corrected chi connectivity index (χ3v) is 7.81. The molecule has 1 fully saturated rings. The lowest BCUT2D eigenvalue weighted by molar-refractivity contribution is 0.301. The number of benzene rings is 2. The van der Waals surface area contributed by atoms with Gasteiger partial charge in [0.25, 0.3) is 0 Å². The lowest BCUT2D eigenvalue weighted by atomic mass is 9.86. The molecule has 0 aliphatic heterocycles. The summed E-state index contributed by atoms with van der Waals surface area (Å²) in [5.74, 6) is 0.626. The van der Waals surface area contributed by atoms with E-state index in [1.165, 1.54) is 16.3 Å². The van der Waals surface area contributed by atoms with Crippen molar-refractivity contribution in [3.8, 4) is 0 Å². The first-order valence-corrected chi connectivity index (χ1v) is 11.4. The van der Waals surface area contributed by atoms with Crippen LogP contribution in [0.4, 0.5) is 0 Å². The summed E-state index contributed by atoms with van der Waals surface area (Å²) in [6.45, 7) is 7.11. The van der Waals surface area contributed by atoms with Crippen molar-refractivity contribution in [2.45, 2.75) is 63.8 Å². The minimum absolute atomic E-state index is 0.0889. The Morgan fingerprint density at radius 3 is 2.30 bits per heavy atom. The van der Waals surface area contributed by atoms with Crippen molar-refractivity contribution in [1.82, 2.24) is 10.0 Å². The first kappa shape index (κ1) is 20.3. The summed E-state index contributed by atoms with van der Waals surface area (Å²) >= 11 is 0. The minimum atomic E-state index is -3.25. The van der Waals surface area contributed by atoms with E-state index in [0.29, 0.717) is 5.92 Å². The molecule has 1 aliphatic rings. The molecule has 0 heterocycles. The van der Waals surface area contributed by atoms with Crippen LogP contribution in [0.5, 0.6) is 0 Å². The molecule has 0 saturated heterocycles. The van der Waals surface area contributed by atoms with E-state index in [4.69, 9.17) is 0 Å². The van der Waals surface area contributed by atoms with Crippen LogP contribution in [-0.4, -0.2) is 25.8 Å². The van der Waals surface area contributed by atoms with Crippen LogP contribution in [0.25, 0.3) is 10.8 Å². The van der Waals surface area contributed by atoms with Gasteiger partial charge in [0.05, 0.1) is 4.75 Å². The summed E-state index contributed by atoms with van der Waals surface area (Å²) in [6.07, 6.45) is 4.00. The van der Waals surface area contributed by atoms with Crippen LogP contribution >= 0.6 is 0 Å². The Labute approximate surface area is 163 Å². The average molecular weight is 389 g/mol. The van der Waals surface area contributed by atoms with Crippen LogP contribution in [0.15, 0.2) is 42.5 Å². The van der Waals surface area contributed by atoms with Gasteiger partial charge in [-0.1, -0.05) is 36.4 Å². The molecule has 0 atom stereocenters. The van der Waals surface area contributed by atoms with Crippen molar-refractivity contribution >= 4 is 20.8 Å². The Kier molecular flexibility index (Phi) is 6.24. The molecule has 27 heavy (non-hydrogen) atoms. The molecular formula is C22H32N2O2S. The number of rotatable bonds is 6. The lowest BCUT2D eigenvalue weighted by Gasteiger charge is -2.31. The summed E-state index contributed by atoms with van der Waals surface area (Å²) in [5.41, 5.74) is 1.31. The summed E-state index contributed by atoms with van der Waals surface area (Å²) in [4.78, 5) is 0. The largest absolute Gasteiger partial charge is 0.312 e. The van der Waals surface area contributed by atoms with E-state index < -0.39 is 14.8 Å². The maximum Gasteiger partial charge on any atom is 0.216 e. The monoisotopic (exact) mass is 388 g/mol. The van der Waals surface area contributed by atoms with Crippen molar-refractivity contribution in [3.63, 3.8) is 0 Å². The predicted molar refractivity (Wildman–Crippen MR) is 113 cm³/mol. The van der Waals surface area contributed by atoms with Gasteiger partial charge in [-0.25, -0.2) is 13.1 Å². The normalized spacial score (nSPS) is 21.4. The fourth-order valence-electron chi connectivity index (χ4n) is 3.65. The number of fused-ring (bicyclic) bond motifs is 1. The number of nitrogens with one attached hydrogen (secondary N) is 2. The van der Waals surface area contributed by atoms with Gasteiger partial charge in [0.2, 0.25) is 10.0 Å². The summed E-state index contributed by atoms with van der Waals surface area (Å²) in [5, 5.41) is 6.14. The topological polar surface area (TPSA) is 58.2 Å². The molecule has 3 rings (SSSR count). The molecule has 2 aromatic carbocycles. The second kappa shape index (κ2) is 8.29. The molecule has 4 nitrogen and oxygen atoms in total. The SMILES string of the molecule is CC(C)(C)S(=O)(=O)NC1CCC(CNCc2ccc3ccccc3c2)CC1. The van der Waals surface area contributed by atoms with Crippen molar-refractivity contribution in [2.75, 3.05) is 6.54 Å². The molecule has 5 heteroatoms. The third-order valence-electron chi connectivity index (χ3n) is 5.55. The van der Waals surface area contributed by atoms with Gasteiger partial charge in [-0.15, -0.1) is 0 Å². The molecule has 0 spiro atoms. The Bertz CT molecular complexity index is 863. The van der Waals surface area contributed by atoms with Gasteiger partial charge in [0, 0.05) is 12.6 Å². The molecule has 1 saturated carbocycles. The fourth-order valence-corrected chi connectivity index (χ4v) is 4.68. The van der Waals surface area contributed by atoms with Crippen LogP contribution < -0.4 is 10.0 Å². The molecule has 0 radical (unpaired) electrons. The zero-order valence-electron chi connectivity index (χ0n) is 16.7. The zero-order chi connectivity index (χ0) is 19.5. The maximum absolute atomic E-state index is 12.3. The molecular weight excluding hydrogens is 356 g/mol. The maximum atomic E-state index is 12.3. The average Bonchev–Trinajstić information content (AvgIpc) is 2.62. The van der Waals surface area contributed by atoms with E-state index >= 15 is 0 Å². The van der Waals surface area contributed by atoms with Gasteiger partial charge in [0.15, 0.2) is 0 Å². The highest BCUT2D eigenvalue weighted by Crippen LogP contribution is 2.26. The lowest BCUT2D eigenvalue weighted by Crippen LogP contribution is -2.46. The van der Waals surface area contributed by atoms with E-state index in [-0.39, 0.29) is 6.04 Å². The van der Waals surface area contributed by atoms with Crippen molar-refractivity contribution in [2.24, 2.45) is 5.92 Å².